The number of morpholine rings is 1. The van der Waals surface area contributed by atoms with Crippen molar-refractivity contribution in [2.75, 3.05) is 31.6 Å². The number of anilines is 2. The molecule has 0 spiro atoms. The van der Waals surface area contributed by atoms with E-state index < -0.39 is 11.3 Å². The number of thiophene rings is 1. The molecule has 3 N–H and O–H groups in total. The number of aromatic nitrogens is 2. The van der Waals surface area contributed by atoms with Crippen LogP contribution in [-0.4, -0.2) is 49.9 Å². The second-order valence-corrected chi connectivity index (χ2v) is 9.74. The molecule has 10 heteroatoms. The Balaban J connectivity index is 1.32. The SMILES string of the molecule is O=S(O)NCc1cccc(-c2csc3cnc(Nc4ccc(CN5CCOCC5)cc4)nc23)c1. The lowest BCUT2D eigenvalue weighted by Crippen LogP contribution is -2.35. The number of hydrogen-bond donors (Lipinski definition) is 3. The third-order valence-electron chi connectivity index (χ3n) is 5.67. The average molecular weight is 496 g/mol. The van der Waals surface area contributed by atoms with E-state index in [1.165, 1.54) is 5.56 Å². The zero-order chi connectivity index (χ0) is 23.3. The van der Waals surface area contributed by atoms with E-state index in [-0.39, 0.29) is 0 Å². The topological polar surface area (TPSA) is 99.6 Å². The van der Waals surface area contributed by atoms with E-state index in [2.05, 4.69) is 49.6 Å². The number of ether oxygens (including phenoxy) is 1. The number of rotatable bonds is 8. The van der Waals surface area contributed by atoms with E-state index in [0.29, 0.717) is 12.5 Å². The van der Waals surface area contributed by atoms with Gasteiger partial charge in [0.25, 0.3) is 0 Å². The summed E-state index contributed by atoms with van der Waals surface area (Å²) < 4.78 is 28.9. The van der Waals surface area contributed by atoms with Crippen LogP contribution in [0.25, 0.3) is 21.3 Å². The first-order valence-electron chi connectivity index (χ1n) is 11.0. The van der Waals surface area contributed by atoms with Crippen molar-refractivity contribution in [2.45, 2.75) is 13.1 Å². The molecule has 1 atom stereocenters. The van der Waals surface area contributed by atoms with Crippen molar-refractivity contribution < 1.29 is 13.5 Å². The summed E-state index contributed by atoms with van der Waals surface area (Å²) in [5.41, 5.74) is 6.02. The molecule has 34 heavy (non-hydrogen) atoms. The van der Waals surface area contributed by atoms with Gasteiger partial charge in [-0.25, -0.2) is 18.9 Å². The van der Waals surface area contributed by atoms with Gasteiger partial charge >= 0.3 is 0 Å². The van der Waals surface area contributed by atoms with Gasteiger partial charge < -0.3 is 10.1 Å². The first kappa shape index (κ1) is 23.0. The third-order valence-corrected chi connectivity index (χ3v) is 6.97. The Morgan fingerprint density at radius 3 is 2.74 bits per heavy atom. The second-order valence-electron chi connectivity index (χ2n) is 8.04. The molecule has 1 unspecified atom stereocenters. The van der Waals surface area contributed by atoms with Crippen LogP contribution in [0.4, 0.5) is 11.6 Å². The summed E-state index contributed by atoms with van der Waals surface area (Å²) >= 11 is -0.447. The highest BCUT2D eigenvalue weighted by Gasteiger charge is 2.12. The highest BCUT2D eigenvalue weighted by atomic mass is 32.2. The summed E-state index contributed by atoms with van der Waals surface area (Å²) in [6, 6.07) is 16.3. The highest BCUT2D eigenvalue weighted by Crippen LogP contribution is 2.33. The minimum atomic E-state index is -2.04. The summed E-state index contributed by atoms with van der Waals surface area (Å²) in [7, 11) is 0. The summed E-state index contributed by atoms with van der Waals surface area (Å²) in [5, 5.41) is 5.39. The molecule has 1 aliphatic rings. The molecule has 3 heterocycles. The second kappa shape index (κ2) is 10.7. The third kappa shape index (κ3) is 5.66. The number of fused-ring (bicyclic) bond motifs is 1. The average Bonchev–Trinajstić information content (AvgIpc) is 3.28. The summed E-state index contributed by atoms with van der Waals surface area (Å²) in [4.78, 5) is 11.7. The molecule has 176 valence electrons. The van der Waals surface area contributed by atoms with Gasteiger partial charge in [0.15, 0.2) is 0 Å². The van der Waals surface area contributed by atoms with Crippen molar-refractivity contribution in [1.82, 2.24) is 19.6 Å². The van der Waals surface area contributed by atoms with Crippen molar-refractivity contribution in [1.29, 1.82) is 0 Å². The van der Waals surface area contributed by atoms with E-state index in [9.17, 15) is 4.21 Å². The zero-order valence-electron chi connectivity index (χ0n) is 18.4. The maximum Gasteiger partial charge on any atom is 0.232 e. The minimum Gasteiger partial charge on any atom is -0.379 e. The van der Waals surface area contributed by atoms with Gasteiger partial charge in [-0.15, -0.1) is 11.3 Å². The van der Waals surface area contributed by atoms with Gasteiger partial charge in [0.2, 0.25) is 17.2 Å². The largest absolute Gasteiger partial charge is 0.379 e. The van der Waals surface area contributed by atoms with E-state index in [4.69, 9.17) is 14.3 Å². The molecule has 0 saturated carbocycles. The highest BCUT2D eigenvalue weighted by molar-refractivity contribution is 7.77. The molecule has 1 saturated heterocycles. The van der Waals surface area contributed by atoms with Crippen LogP contribution < -0.4 is 10.0 Å². The first-order chi connectivity index (χ1) is 16.6. The van der Waals surface area contributed by atoms with Crippen LogP contribution in [0.15, 0.2) is 60.1 Å². The lowest BCUT2D eigenvalue weighted by molar-refractivity contribution is 0.0342. The molecule has 1 fully saturated rings. The molecule has 0 aliphatic carbocycles. The van der Waals surface area contributed by atoms with Gasteiger partial charge in [0.1, 0.15) is 0 Å². The van der Waals surface area contributed by atoms with Gasteiger partial charge in [-0.1, -0.05) is 30.3 Å². The van der Waals surface area contributed by atoms with Gasteiger partial charge in [-0.2, -0.15) is 0 Å². The van der Waals surface area contributed by atoms with Crippen LogP contribution in [0, 0.1) is 0 Å². The van der Waals surface area contributed by atoms with Crippen molar-refractivity contribution in [3.8, 4) is 11.1 Å². The molecule has 0 bridgehead atoms. The van der Waals surface area contributed by atoms with E-state index >= 15 is 0 Å². The Morgan fingerprint density at radius 1 is 1.12 bits per heavy atom. The van der Waals surface area contributed by atoms with Crippen LogP contribution in [-0.2, 0) is 29.1 Å². The van der Waals surface area contributed by atoms with E-state index in [1.807, 2.05) is 30.5 Å². The van der Waals surface area contributed by atoms with Crippen LogP contribution in [0.3, 0.4) is 0 Å². The van der Waals surface area contributed by atoms with Crippen LogP contribution in [0.2, 0.25) is 0 Å². The molecular formula is C24H25N5O3S2. The minimum absolute atomic E-state index is 0.308. The fourth-order valence-electron chi connectivity index (χ4n) is 3.93. The van der Waals surface area contributed by atoms with E-state index in [0.717, 1.165) is 65.4 Å². The standard InChI is InChI=1S/C24H25N5O3S2/c30-34(31)26-13-18-2-1-3-19(12-18)21-16-33-22-14-25-24(28-23(21)22)27-20-6-4-17(5-7-20)15-29-8-10-32-11-9-29/h1-7,12,14,16,26H,8-11,13,15H2,(H,30,31)(H,25,27,28). The zero-order valence-corrected chi connectivity index (χ0v) is 20.1. The van der Waals surface area contributed by atoms with Crippen molar-refractivity contribution in [3.05, 3.63) is 71.2 Å². The Kier molecular flexibility index (Phi) is 7.24. The molecule has 2 aromatic carbocycles. The molecule has 0 amide bonds. The Morgan fingerprint density at radius 2 is 1.94 bits per heavy atom. The number of nitrogens with zero attached hydrogens (tertiary/aromatic N) is 3. The van der Waals surface area contributed by atoms with Crippen LogP contribution in [0.5, 0.6) is 0 Å². The fraction of sp³-hybridized carbons (Fsp3) is 0.250. The normalized spacial score (nSPS) is 15.4. The van der Waals surface area contributed by atoms with Crippen molar-refractivity contribution in [3.63, 3.8) is 0 Å². The molecule has 8 nitrogen and oxygen atoms in total. The van der Waals surface area contributed by atoms with Gasteiger partial charge in [-0.3, -0.25) is 9.45 Å². The van der Waals surface area contributed by atoms with Crippen LogP contribution in [0.1, 0.15) is 11.1 Å². The summed E-state index contributed by atoms with van der Waals surface area (Å²) in [6.07, 6.45) is 1.84. The van der Waals surface area contributed by atoms with Gasteiger partial charge in [-0.05, 0) is 34.9 Å². The molecule has 5 rings (SSSR count). The molecule has 4 aromatic rings. The Hall–Kier alpha value is -2.73. The number of nitrogens with one attached hydrogen (secondary N) is 2. The summed E-state index contributed by atoms with van der Waals surface area (Å²) in [5.74, 6) is 0.543. The van der Waals surface area contributed by atoms with Crippen molar-refractivity contribution >= 4 is 44.5 Å². The number of hydrogen-bond acceptors (Lipinski definition) is 7. The van der Waals surface area contributed by atoms with Gasteiger partial charge in [0, 0.05) is 42.8 Å². The quantitative estimate of drug-likeness (QED) is 0.316. The maximum atomic E-state index is 10.9. The maximum absolute atomic E-state index is 10.9. The van der Waals surface area contributed by atoms with Gasteiger partial charge in [0.05, 0.1) is 29.6 Å². The predicted molar refractivity (Wildman–Crippen MR) is 136 cm³/mol. The summed E-state index contributed by atoms with van der Waals surface area (Å²) in [6.45, 7) is 4.77. The smallest absolute Gasteiger partial charge is 0.232 e. The Labute approximate surface area is 204 Å². The Bertz CT molecular complexity index is 1290. The fourth-order valence-corrected chi connectivity index (χ4v) is 5.09. The molecule has 2 aromatic heterocycles. The predicted octanol–water partition coefficient (Wildman–Crippen LogP) is 4.16. The van der Waals surface area contributed by atoms with E-state index in [1.54, 1.807) is 11.3 Å². The lowest BCUT2D eigenvalue weighted by Gasteiger charge is -2.26. The van der Waals surface area contributed by atoms with Crippen LogP contribution >= 0.6 is 11.3 Å². The first-order valence-corrected chi connectivity index (χ1v) is 13.0. The molecule has 0 radical (unpaired) electrons. The van der Waals surface area contributed by atoms with Crippen molar-refractivity contribution in [2.24, 2.45) is 0 Å². The number of benzene rings is 2. The molecular weight excluding hydrogens is 470 g/mol. The monoisotopic (exact) mass is 495 g/mol. The molecule has 1 aliphatic heterocycles. The lowest BCUT2D eigenvalue weighted by atomic mass is 10.0.